The predicted octanol–water partition coefficient (Wildman–Crippen LogP) is 0.348. The first-order chi connectivity index (χ1) is 7.17. The van der Waals surface area contributed by atoms with Crippen molar-refractivity contribution in [3.05, 3.63) is 29.8 Å². The summed E-state index contributed by atoms with van der Waals surface area (Å²) in [4.78, 5) is 1.79. The number of hydrogen-bond acceptors (Lipinski definition) is 4. The maximum Gasteiger partial charge on any atom is 0.0992 e. The number of hydrogen-bond donors (Lipinski definition) is 2. The van der Waals surface area contributed by atoms with Crippen LogP contribution in [0.25, 0.3) is 0 Å². The van der Waals surface area contributed by atoms with Crippen LogP contribution in [0.1, 0.15) is 5.56 Å². The number of anilines is 1. The Morgan fingerprint density at radius 3 is 2.87 bits per heavy atom. The summed E-state index contributed by atoms with van der Waals surface area (Å²) in [6, 6.07) is 9.15. The van der Waals surface area contributed by atoms with E-state index in [0.29, 0.717) is 12.1 Å². The number of rotatable bonds is 4. The fraction of sp³-hybridized carbons (Fsp3) is 0.364. The standard InChI is InChI=1S/C11H14N2O2/c1-13(7-11(15)8-14)10-4-2-3-9(5-10)6-12/h2-5,11,14-15H,7-8H2,1H3. The predicted molar refractivity (Wildman–Crippen MR) is 57.5 cm³/mol. The van der Waals surface area contributed by atoms with Gasteiger partial charge in [-0.25, -0.2) is 0 Å². The van der Waals surface area contributed by atoms with Crippen LogP contribution in [0.5, 0.6) is 0 Å². The van der Waals surface area contributed by atoms with E-state index in [4.69, 9.17) is 10.4 Å². The van der Waals surface area contributed by atoms with Crippen molar-refractivity contribution in [3.63, 3.8) is 0 Å². The van der Waals surface area contributed by atoms with Crippen LogP contribution < -0.4 is 4.90 Å². The maximum atomic E-state index is 9.26. The first-order valence-corrected chi connectivity index (χ1v) is 4.67. The van der Waals surface area contributed by atoms with E-state index in [9.17, 15) is 5.11 Å². The van der Waals surface area contributed by atoms with Crippen LogP contribution in [0.4, 0.5) is 5.69 Å². The van der Waals surface area contributed by atoms with E-state index in [2.05, 4.69) is 6.07 Å². The van der Waals surface area contributed by atoms with Crippen LogP contribution in [0.2, 0.25) is 0 Å². The Hall–Kier alpha value is -1.57. The second-order valence-corrected chi connectivity index (χ2v) is 3.38. The van der Waals surface area contributed by atoms with Crippen LogP contribution in [-0.2, 0) is 0 Å². The van der Waals surface area contributed by atoms with E-state index in [1.54, 1.807) is 30.1 Å². The van der Waals surface area contributed by atoms with Crippen molar-refractivity contribution >= 4 is 5.69 Å². The van der Waals surface area contributed by atoms with Gasteiger partial charge in [0.05, 0.1) is 24.3 Å². The maximum absolute atomic E-state index is 9.26. The molecule has 1 aromatic carbocycles. The highest BCUT2D eigenvalue weighted by molar-refractivity contribution is 5.50. The molecule has 0 bridgehead atoms. The lowest BCUT2D eigenvalue weighted by atomic mass is 10.2. The molecule has 0 fully saturated rings. The van der Waals surface area contributed by atoms with Crippen LogP contribution in [0, 0.1) is 11.3 Å². The van der Waals surface area contributed by atoms with Crippen LogP contribution in [0.3, 0.4) is 0 Å². The van der Waals surface area contributed by atoms with Gasteiger partial charge in [-0.05, 0) is 18.2 Å². The van der Waals surface area contributed by atoms with Crippen molar-refractivity contribution in [2.24, 2.45) is 0 Å². The summed E-state index contributed by atoms with van der Waals surface area (Å²) in [5.41, 5.74) is 1.43. The second-order valence-electron chi connectivity index (χ2n) is 3.38. The van der Waals surface area contributed by atoms with Gasteiger partial charge in [-0.1, -0.05) is 6.07 Å². The minimum absolute atomic E-state index is 0.262. The average molecular weight is 206 g/mol. The molecule has 0 aliphatic carbocycles. The largest absolute Gasteiger partial charge is 0.394 e. The molecule has 0 aromatic heterocycles. The molecule has 0 amide bonds. The fourth-order valence-corrected chi connectivity index (χ4v) is 1.29. The minimum Gasteiger partial charge on any atom is -0.394 e. The fourth-order valence-electron chi connectivity index (χ4n) is 1.29. The highest BCUT2D eigenvalue weighted by Gasteiger charge is 2.07. The van der Waals surface area contributed by atoms with Gasteiger partial charge < -0.3 is 15.1 Å². The van der Waals surface area contributed by atoms with E-state index < -0.39 is 6.10 Å². The molecule has 4 heteroatoms. The Bertz CT molecular complexity index is 360. The van der Waals surface area contributed by atoms with Gasteiger partial charge in [0.1, 0.15) is 0 Å². The van der Waals surface area contributed by atoms with E-state index in [0.717, 1.165) is 5.69 Å². The van der Waals surface area contributed by atoms with Gasteiger partial charge in [-0.2, -0.15) is 5.26 Å². The smallest absolute Gasteiger partial charge is 0.0992 e. The van der Waals surface area contributed by atoms with E-state index >= 15 is 0 Å². The monoisotopic (exact) mass is 206 g/mol. The van der Waals surface area contributed by atoms with E-state index in [1.165, 1.54) is 0 Å². The molecule has 0 aliphatic rings. The molecule has 1 atom stereocenters. The molecule has 0 radical (unpaired) electrons. The third kappa shape index (κ3) is 3.24. The lowest BCUT2D eigenvalue weighted by Gasteiger charge is -2.21. The number of aliphatic hydroxyl groups excluding tert-OH is 2. The number of aliphatic hydroxyl groups is 2. The summed E-state index contributed by atoms with van der Waals surface area (Å²) < 4.78 is 0. The van der Waals surface area contributed by atoms with Crippen LogP contribution in [-0.4, -0.2) is 36.5 Å². The highest BCUT2D eigenvalue weighted by Crippen LogP contribution is 2.14. The number of nitriles is 1. The van der Waals surface area contributed by atoms with Crippen molar-refractivity contribution in [3.8, 4) is 6.07 Å². The minimum atomic E-state index is -0.763. The van der Waals surface area contributed by atoms with Gasteiger partial charge in [0.25, 0.3) is 0 Å². The van der Waals surface area contributed by atoms with Gasteiger partial charge in [0.15, 0.2) is 0 Å². The summed E-state index contributed by atoms with van der Waals surface area (Å²) in [5, 5.41) is 26.7. The summed E-state index contributed by atoms with van der Waals surface area (Å²) in [5.74, 6) is 0. The summed E-state index contributed by atoms with van der Waals surface area (Å²) in [6.45, 7) is 0.0770. The Kier molecular flexibility index (Phi) is 4.10. The lowest BCUT2D eigenvalue weighted by Crippen LogP contribution is -2.31. The molecular weight excluding hydrogens is 192 g/mol. The van der Waals surface area contributed by atoms with Gasteiger partial charge in [-0.3, -0.25) is 0 Å². The van der Waals surface area contributed by atoms with Crippen molar-refractivity contribution in [2.45, 2.75) is 6.10 Å². The molecule has 15 heavy (non-hydrogen) atoms. The molecule has 0 heterocycles. The Morgan fingerprint density at radius 2 is 2.27 bits per heavy atom. The van der Waals surface area contributed by atoms with Crippen molar-refractivity contribution in [1.29, 1.82) is 5.26 Å². The van der Waals surface area contributed by atoms with Crippen LogP contribution in [0.15, 0.2) is 24.3 Å². The first kappa shape index (κ1) is 11.5. The Morgan fingerprint density at radius 1 is 1.53 bits per heavy atom. The first-order valence-electron chi connectivity index (χ1n) is 4.67. The third-order valence-corrected chi connectivity index (χ3v) is 2.11. The molecule has 0 saturated carbocycles. The molecule has 4 nitrogen and oxygen atoms in total. The van der Waals surface area contributed by atoms with Gasteiger partial charge in [0, 0.05) is 19.3 Å². The zero-order valence-electron chi connectivity index (χ0n) is 8.59. The molecule has 0 spiro atoms. The third-order valence-electron chi connectivity index (χ3n) is 2.11. The zero-order chi connectivity index (χ0) is 11.3. The highest BCUT2D eigenvalue weighted by atomic mass is 16.3. The normalized spacial score (nSPS) is 11.9. The van der Waals surface area contributed by atoms with Crippen molar-refractivity contribution < 1.29 is 10.2 Å². The second kappa shape index (κ2) is 5.35. The topological polar surface area (TPSA) is 67.5 Å². The summed E-state index contributed by atoms with van der Waals surface area (Å²) in [6.07, 6.45) is -0.763. The zero-order valence-corrected chi connectivity index (χ0v) is 8.59. The summed E-state index contributed by atoms with van der Waals surface area (Å²) >= 11 is 0. The van der Waals surface area contributed by atoms with Gasteiger partial charge in [0.2, 0.25) is 0 Å². The van der Waals surface area contributed by atoms with Gasteiger partial charge >= 0.3 is 0 Å². The Labute approximate surface area is 89.0 Å². The van der Waals surface area contributed by atoms with Gasteiger partial charge in [-0.15, -0.1) is 0 Å². The molecule has 0 aliphatic heterocycles. The SMILES string of the molecule is CN(CC(O)CO)c1cccc(C#N)c1. The number of nitrogens with zero attached hydrogens (tertiary/aromatic N) is 2. The summed E-state index contributed by atoms with van der Waals surface area (Å²) in [7, 11) is 1.80. The average Bonchev–Trinajstić information content (AvgIpc) is 2.28. The van der Waals surface area contributed by atoms with Crippen molar-refractivity contribution in [2.75, 3.05) is 25.1 Å². The molecule has 1 aromatic rings. The molecule has 1 unspecified atom stereocenters. The van der Waals surface area contributed by atoms with Crippen molar-refractivity contribution in [1.82, 2.24) is 0 Å². The Balaban J connectivity index is 2.73. The van der Waals surface area contributed by atoms with E-state index in [1.807, 2.05) is 6.07 Å². The molecule has 0 saturated heterocycles. The van der Waals surface area contributed by atoms with E-state index in [-0.39, 0.29) is 6.61 Å². The number of benzene rings is 1. The number of likely N-dealkylation sites (N-methyl/N-ethyl adjacent to an activating group) is 1. The van der Waals surface area contributed by atoms with Crippen LogP contribution >= 0.6 is 0 Å². The molecule has 80 valence electrons. The molecular formula is C11H14N2O2. The molecule has 2 N–H and O–H groups in total. The lowest BCUT2D eigenvalue weighted by molar-refractivity contribution is 0.101. The molecule has 1 rings (SSSR count). The quantitative estimate of drug-likeness (QED) is 0.745.